The summed E-state index contributed by atoms with van der Waals surface area (Å²) in [6.45, 7) is 0. The standard InChI is InChI=1S/C15H13ClFNOS/c16-10-1-3-14-9(5-10)6-12(19-14)8-20-15-4-2-11(17)7-13(15)18/h1-5,7,12H,6,8,18H2. The molecule has 1 heterocycles. The Bertz CT molecular complexity index is 650. The van der Waals surface area contributed by atoms with Gasteiger partial charge in [-0.05, 0) is 42.0 Å². The van der Waals surface area contributed by atoms with Crippen LogP contribution < -0.4 is 10.5 Å². The average Bonchev–Trinajstić information content (AvgIpc) is 2.79. The molecule has 3 rings (SSSR count). The molecule has 0 aromatic heterocycles. The zero-order chi connectivity index (χ0) is 14.1. The molecule has 2 N–H and O–H groups in total. The van der Waals surface area contributed by atoms with Gasteiger partial charge in [-0.2, -0.15) is 0 Å². The van der Waals surface area contributed by atoms with Crippen molar-refractivity contribution in [1.29, 1.82) is 0 Å². The third-order valence-corrected chi connectivity index (χ3v) is 4.62. The highest BCUT2D eigenvalue weighted by Crippen LogP contribution is 2.34. The predicted octanol–water partition coefficient (Wildman–Crippen LogP) is 4.16. The van der Waals surface area contributed by atoms with E-state index >= 15 is 0 Å². The van der Waals surface area contributed by atoms with Crippen LogP contribution in [0, 0.1) is 5.82 Å². The highest BCUT2D eigenvalue weighted by molar-refractivity contribution is 7.99. The average molecular weight is 310 g/mol. The van der Waals surface area contributed by atoms with E-state index in [2.05, 4.69) is 0 Å². The fourth-order valence-electron chi connectivity index (χ4n) is 2.22. The molecule has 1 atom stereocenters. The minimum Gasteiger partial charge on any atom is -0.489 e. The van der Waals surface area contributed by atoms with Crippen molar-refractivity contribution in [3.63, 3.8) is 0 Å². The Morgan fingerprint density at radius 2 is 2.15 bits per heavy atom. The number of halogens is 2. The van der Waals surface area contributed by atoms with Crippen molar-refractivity contribution in [2.75, 3.05) is 11.5 Å². The molecule has 1 unspecified atom stereocenters. The second-order valence-corrected chi connectivity index (χ2v) is 6.19. The fourth-order valence-corrected chi connectivity index (χ4v) is 3.35. The zero-order valence-corrected chi connectivity index (χ0v) is 12.2. The molecule has 2 aromatic rings. The lowest BCUT2D eigenvalue weighted by Crippen LogP contribution is -2.15. The first-order valence-corrected chi connectivity index (χ1v) is 7.61. The van der Waals surface area contributed by atoms with E-state index in [1.807, 2.05) is 18.2 Å². The highest BCUT2D eigenvalue weighted by Gasteiger charge is 2.23. The molecule has 0 bridgehead atoms. The molecule has 0 aliphatic carbocycles. The lowest BCUT2D eigenvalue weighted by molar-refractivity contribution is 0.259. The van der Waals surface area contributed by atoms with Crippen molar-refractivity contribution in [2.45, 2.75) is 17.4 Å². The van der Waals surface area contributed by atoms with Crippen LogP contribution in [0.5, 0.6) is 5.75 Å². The summed E-state index contributed by atoms with van der Waals surface area (Å²) < 4.78 is 18.8. The molecular weight excluding hydrogens is 297 g/mol. The Balaban J connectivity index is 1.63. The van der Waals surface area contributed by atoms with Gasteiger partial charge in [-0.3, -0.25) is 0 Å². The molecule has 0 radical (unpaired) electrons. The van der Waals surface area contributed by atoms with E-state index in [1.165, 1.54) is 12.1 Å². The predicted molar refractivity (Wildman–Crippen MR) is 81.1 cm³/mol. The van der Waals surface area contributed by atoms with Crippen LogP contribution in [-0.4, -0.2) is 11.9 Å². The lowest BCUT2D eigenvalue weighted by Gasteiger charge is -2.11. The molecule has 0 saturated carbocycles. The number of fused-ring (bicyclic) bond motifs is 1. The van der Waals surface area contributed by atoms with Crippen molar-refractivity contribution in [1.82, 2.24) is 0 Å². The fraction of sp³-hybridized carbons (Fsp3) is 0.200. The molecule has 0 fully saturated rings. The van der Waals surface area contributed by atoms with Gasteiger partial charge in [-0.15, -0.1) is 11.8 Å². The van der Waals surface area contributed by atoms with Gasteiger partial charge in [0.15, 0.2) is 0 Å². The van der Waals surface area contributed by atoms with Crippen molar-refractivity contribution < 1.29 is 9.13 Å². The topological polar surface area (TPSA) is 35.2 Å². The lowest BCUT2D eigenvalue weighted by atomic mass is 10.1. The van der Waals surface area contributed by atoms with Crippen LogP contribution in [0.4, 0.5) is 10.1 Å². The summed E-state index contributed by atoms with van der Waals surface area (Å²) in [7, 11) is 0. The van der Waals surface area contributed by atoms with Gasteiger partial charge in [0.25, 0.3) is 0 Å². The maximum Gasteiger partial charge on any atom is 0.125 e. The van der Waals surface area contributed by atoms with Crippen LogP contribution in [0.15, 0.2) is 41.3 Å². The number of nitrogen functional groups attached to an aromatic ring is 1. The highest BCUT2D eigenvalue weighted by atomic mass is 35.5. The third-order valence-electron chi connectivity index (χ3n) is 3.16. The Hall–Kier alpha value is -1.39. The van der Waals surface area contributed by atoms with E-state index in [1.54, 1.807) is 17.8 Å². The normalized spacial score (nSPS) is 16.8. The van der Waals surface area contributed by atoms with E-state index in [9.17, 15) is 4.39 Å². The molecule has 0 amide bonds. The SMILES string of the molecule is Nc1cc(F)ccc1SCC1Cc2cc(Cl)ccc2O1. The van der Waals surface area contributed by atoms with E-state index < -0.39 is 0 Å². The first-order chi connectivity index (χ1) is 9.61. The minimum atomic E-state index is -0.314. The number of hydrogen-bond acceptors (Lipinski definition) is 3. The smallest absolute Gasteiger partial charge is 0.125 e. The summed E-state index contributed by atoms with van der Waals surface area (Å²) in [6, 6.07) is 10.1. The molecule has 104 valence electrons. The van der Waals surface area contributed by atoms with Gasteiger partial charge in [0.2, 0.25) is 0 Å². The molecule has 2 nitrogen and oxygen atoms in total. The number of rotatable bonds is 3. The molecule has 5 heteroatoms. The number of anilines is 1. The number of hydrogen-bond donors (Lipinski definition) is 1. The van der Waals surface area contributed by atoms with Crippen LogP contribution in [0.3, 0.4) is 0 Å². The molecule has 1 aliphatic heterocycles. The molecule has 20 heavy (non-hydrogen) atoms. The van der Waals surface area contributed by atoms with E-state index in [0.717, 1.165) is 33.4 Å². The number of nitrogens with two attached hydrogens (primary N) is 1. The summed E-state index contributed by atoms with van der Waals surface area (Å²) in [4.78, 5) is 0.879. The van der Waals surface area contributed by atoms with Gasteiger partial charge < -0.3 is 10.5 Å². The van der Waals surface area contributed by atoms with Crippen molar-refractivity contribution in [3.05, 3.63) is 52.8 Å². The second kappa shape index (κ2) is 5.54. The first-order valence-electron chi connectivity index (χ1n) is 6.25. The number of ether oxygens (including phenoxy) is 1. The van der Waals surface area contributed by atoms with Crippen molar-refractivity contribution in [3.8, 4) is 5.75 Å². The van der Waals surface area contributed by atoms with Crippen LogP contribution >= 0.6 is 23.4 Å². The second-order valence-electron chi connectivity index (χ2n) is 4.69. The summed E-state index contributed by atoms with van der Waals surface area (Å²) >= 11 is 7.54. The summed E-state index contributed by atoms with van der Waals surface area (Å²) in [5.41, 5.74) is 7.39. The van der Waals surface area contributed by atoms with E-state index in [-0.39, 0.29) is 11.9 Å². The van der Waals surface area contributed by atoms with Gasteiger partial charge in [-0.1, -0.05) is 11.6 Å². The number of benzene rings is 2. The number of thioether (sulfide) groups is 1. The monoisotopic (exact) mass is 309 g/mol. The van der Waals surface area contributed by atoms with Crippen LogP contribution in [0.2, 0.25) is 5.02 Å². The first kappa shape index (κ1) is 13.6. The molecule has 2 aromatic carbocycles. The van der Waals surface area contributed by atoms with Crippen LogP contribution in [0.1, 0.15) is 5.56 Å². The Morgan fingerprint density at radius 1 is 1.30 bits per heavy atom. The van der Waals surface area contributed by atoms with Gasteiger partial charge in [-0.25, -0.2) is 4.39 Å². The molecular formula is C15H13ClFNOS. The maximum atomic E-state index is 13.0. The van der Waals surface area contributed by atoms with Crippen LogP contribution in [-0.2, 0) is 6.42 Å². The summed E-state index contributed by atoms with van der Waals surface area (Å²) in [5.74, 6) is 1.35. The van der Waals surface area contributed by atoms with Gasteiger partial charge >= 0.3 is 0 Å². The van der Waals surface area contributed by atoms with Gasteiger partial charge in [0.05, 0.1) is 0 Å². The summed E-state index contributed by atoms with van der Waals surface area (Å²) in [5, 5.41) is 0.725. The van der Waals surface area contributed by atoms with Crippen molar-refractivity contribution >= 4 is 29.1 Å². The Morgan fingerprint density at radius 3 is 2.95 bits per heavy atom. The summed E-state index contributed by atoms with van der Waals surface area (Å²) in [6.07, 6.45) is 0.933. The largest absolute Gasteiger partial charge is 0.489 e. The van der Waals surface area contributed by atoms with Gasteiger partial charge in [0.1, 0.15) is 17.7 Å². The molecule has 0 spiro atoms. The van der Waals surface area contributed by atoms with E-state index in [4.69, 9.17) is 22.1 Å². The van der Waals surface area contributed by atoms with E-state index in [0.29, 0.717) is 5.69 Å². The zero-order valence-electron chi connectivity index (χ0n) is 10.6. The Labute approximate surface area is 126 Å². The van der Waals surface area contributed by atoms with Gasteiger partial charge in [0, 0.05) is 27.8 Å². The van der Waals surface area contributed by atoms with Crippen molar-refractivity contribution in [2.24, 2.45) is 0 Å². The molecule has 1 aliphatic rings. The molecule has 0 saturated heterocycles. The minimum absolute atomic E-state index is 0.0953. The maximum absolute atomic E-state index is 13.0. The Kier molecular flexibility index (Phi) is 3.76. The third kappa shape index (κ3) is 2.86. The van der Waals surface area contributed by atoms with Crippen LogP contribution in [0.25, 0.3) is 0 Å². The quantitative estimate of drug-likeness (QED) is 0.683.